The van der Waals surface area contributed by atoms with Crippen LogP contribution >= 0.6 is 15.9 Å². The molecule has 0 spiro atoms. The molecule has 0 amide bonds. The molecule has 0 bridgehead atoms. The maximum Gasteiger partial charge on any atom is 0.161 e. The van der Waals surface area contributed by atoms with Gasteiger partial charge in [-0.2, -0.15) is 0 Å². The van der Waals surface area contributed by atoms with Crippen LogP contribution in [0.2, 0.25) is 0 Å². The van der Waals surface area contributed by atoms with Crippen molar-refractivity contribution in [1.82, 2.24) is 0 Å². The average Bonchev–Trinajstić information content (AvgIpc) is 2.46. The third kappa shape index (κ3) is 3.74. The van der Waals surface area contributed by atoms with E-state index in [1.807, 2.05) is 18.2 Å². The summed E-state index contributed by atoms with van der Waals surface area (Å²) in [7, 11) is 1.64. The molecule has 0 aliphatic carbocycles. The van der Waals surface area contributed by atoms with E-state index in [0.29, 0.717) is 6.61 Å². The standard InChI is InChI=1S/C16H17BrO2/c1-3-12-4-6-13(7-5-12)11-19-15-9-8-14(17)10-16(15)18-2/h4-10H,3,11H2,1-2H3. The first-order chi connectivity index (χ1) is 9.22. The van der Waals surface area contributed by atoms with Gasteiger partial charge in [0.05, 0.1) is 7.11 Å². The Hall–Kier alpha value is -1.48. The third-order valence-corrected chi connectivity index (χ3v) is 3.44. The molecule has 19 heavy (non-hydrogen) atoms. The summed E-state index contributed by atoms with van der Waals surface area (Å²) in [5.74, 6) is 1.49. The van der Waals surface area contributed by atoms with Crippen molar-refractivity contribution >= 4 is 15.9 Å². The van der Waals surface area contributed by atoms with Crippen molar-refractivity contribution in [3.63, 3.8) is 0 Å². The second kappa shape index (κ2) is 6.62. The largest absolute Gasteiger partial charge is 0.493 e. The maximum absolute atomic E-state index is 5.80. The zero-order valence-corrected chi connectivity index (χ0v) is 12.7. The Morgan fingerprint density at radius 3 is 2.26 bits per heavy atom. The summed E-state index contributed by atoms with van der Waals surface area (Å²) < 4.78 is 12.1. The number of halogens is 1. The van der Waals surface area contributed by atoms with E-state index in [1.165, 1.54) is 5.56 Å². The lowest BCUT2D eigenvalue weighted by molar-refractivity contribution is 0.284. The van der Waals surface area contributed by atoms with Crippen LogP contribution in [0, 0.1) is 0 Å². The Balaban J connectivity index is 2.05. The van der Waals surface area contributed by atoms with E-state index in [9.17, 15) is 0 Å². The fraction of sp³-hybridized carbons (Fsp3) is 0.250. The first kappa shape index (κ1) is 13.9. The van der Waals surface area contributed by atoms with Crippen molar-refractivity contribution in [3.05, 3.63) is 58.1 Å². The van der Waals surface area contributed by atoms with Gasteiger partial charge in [0, 0.05) is 4.47 Å². The predicted octanol–water partition coefficient (Wildman–Crippen LogP) is 4.60. The van der Waals surface area contributed by atoms with Crippen molar-refractivity contribution in [1.29, 1.82) is 0 Å². The fourth-order valence-corrected chi connectivity index (χ4v) is 2.13. The normalized spacial score (nSPS) is 10.3. The van der Waals surface area contributed by atoms with Gasteiger partial charge in [0.2, 0.25) is 0 Å². The van der Waals surface area contributed by atoms with E-state index in [0.717, 1.165) is 28.0 Å². The first-order valence-electron chi connectivity index (χ1n) is 6.27. The smallest absolute Gasteiger partial charge is 0.161 e. The van der Waals surface area contributed by atoms with Crippen molar-refractivity contribution in [2.75, 3.05) is 7.11 Å². The van der Waals surface area contributed by atoms with Gasteiger partial charge >= 0.3 is 0 Å². The zero-order valence-electron chi connectivity index (χ0n) is 11.2. The SMILES string of the molecule is CCc1ccc(COc2ccc(Br)cc2OC)cc1. The highest BCUT2D eigenvalue weighted by molar-refractivity contribution is 9.10. The minimum absolute atomic E-state index is 0.544. The Morgan fingerprint density at radius 1 is 0.947 bits per heavy atom. The molecule has 0 radical (unpaired) electrons. The van der Waals surface area contributed by atoms with E-state index in [-0.39, 0.29) is 0 Å². The summed E-state index contributed by atoms with van der Waals surface area (Å²) in [4.78, 5) is 0. The van der Waals surface area contributed by atoms with Crippen LogP contribution in [0.5, 0.6) is 11.5 Å². The molecule has 0 saturated heterocycles. The molecule has 100 valence electrons. The highest BCUT2D eigenvalue weighted by atomic mass is 79.9. The van der Waals surface area contributed by atoms with Crippen LogP contribution in [0.15, 0.2) is 46.9 Å². The molecule has 2 rings (SSSR count). The van der Waals surface area contributed by atoms with E-state index < -0.39 is 0 Å². The topological polar surface area (TPSA) is 18.5 Å². The lowest BCUT2D eigenvalue weighted by Crippen LogP contribution is -1.97. The molecule has 0 heterocycles. The summed E-state index contributed by atoms with van der Waals surface area (Å²) >= 11 is 3.41. The van der Waals surface area contributed by atoms with Crippen molar-refractivity contribution in [2.45, 2.75) is 20.0 Å². The highest BCUT2D eigenvalue weighted by Gasteiger charge is 2.05. The number of rotatable bonds is 5. The lowest BCUT2D eigenvalue weighted by atomic mass is 10.1. The summed E-state index contributed by atoms with van der Waals surface area (Å²) in [5, 5.41) is 0. The Morgan fingerprint density at radius 2 is 1.63 bits per heavy atom. The molecular formula is C16H17BrO2. The zero-order chi connectivity index (χ0) is 13.7. The molecule has 0 N–H and O–H groups in total. The predicted molar refractivity (Wildman–Crippen MR) is 80.8 cm³/mol. The van der Waals surface area contributed by atoms with Crippen molar-refractivity contribution in [3.8, 4) is 11.5 Å². The molecule has 2 aromatic rings. The Labute approximate surface area is 122 Å². The van der Waals surface area contributed by atoms with Gasteiger partial charge in [-0.15, -0.1) is 0 Å². The molecule has 0 fully saturated rings. The van der Waals surface area contributed by atoms with E-state index in [4.69, 9.17) is 9.47 Å². The summed E-state index contributed by atoms with van der Waals surface area (Å²) in [6.07, 6.45) is 1.06. The number of hydrogen-bond donors (Lipinski definition) is 0. The number of methoxy groups -OCH3 is 1. The van der Waals surface area contributed by atoms with Crippen LogP contribution < -0.4 is 9.47 Å². The number of hydrogen-bond acceptors (Lipinski definition) is 2. The number of ether oxygens (including phenoxy) is 2. The minimum atomic E-state index is 0.544. The molecule has 0 saturated carbocycles. The van der Waals surface area contributed by atoms with Crippen LogP contribution in [0.3, 0.4) is 0 Å². The molecule has 3 heteroatoms. The van der Waals surface area contributed by atoms with Crippen LogP contribution in [0.1, 0.15) is 18.1 Å². The fourth-order valence-electron chi connectivity index (χ4n) is 1.79. The Bertz CT molecular complexity index is 535. The first-order valence-corrected chi connectivity index (χ1v) is 7.06. The lowest BCUT2D eigenvalue weighted by Gasteiger charge is -2.11. The van der Waals surface area contributed by atoms with Crippen LogP contribution in [-0.4, -0.2) is 7.11 Å². The molecule has 0 atom stereocenters. The van der Waals surface area contributed by atoms with Crippen molar-refractivity contribution < 1.29 is 9.47 Å². The molecule has 0 aromatic heterocycles. The molecule has 0 aliphatic heterocycles. The van der Waals surface area contributed by atoms with E-state index in [1.54, 1.807) is 7.11 Å². The van der Waals surface area contributed by atoms with Crippen LogP contribution in [0.4, 0.5) is 0 Å². The van der Waals surface area contributed by atoms with Crippen molar-refractivity contribution in [2.24, 2.45) is 0 Å². The quantitative estimate of drug-likeness (QED) is 0.801. The van der Waals surface area contributed by atoms with Gasteiger partial charge in [0.1, 0.15) is 6.61 Å². The highest BCUT2D eigenvalue weighted by Crippen LogP contribution is 2.30. The van der Waals surface area contributed by atoms with Gasteiger partial charge in [0.15, 0.2) is 11.5 Å². The maximum atomic E-state index is 5.80. The van der Waals surface area contributed by atoms with Gasteiger partial charge in [0.25, 0.3) is 0 Å². The summed E-state index contributed by atoms with van der Waals surface area (Å²) in [5.41, 5.74) is 2.49. The van der Waals surface area contributed by atoms with Crippen LogP contribution in [0.25, 0.3) is 0 Å². The molecule has 2 aromatic carbocycles. The second-order valence-corrected chi connectivity index (χ2v) is 5.17. The average molecular weight is 321 g/mol. The van der Waals surface area contributed by atoms with Gasteiger partial charge in [-0.05, 0) is 35.7 Å². The molecule has 0 unspecified atom stereocenters. The molecule has 0 aliphatic rings. The molecular weight excluding hydrogens is 304 g/mol. The van der Waals surface area contributed by atoms with Gasteiger partial charge in [-0.1, -0.05) is 47.1 Å². The third-order valence-electron chi connectivity index (χ3n) is 2.95. The van der Waals surface area contributed by atoms with E-state index >= 15 is 0 Å². The number of aryl methyl sites for hydroxylation is 1. The summed E-state index contributed by atoms with van der Waals surface area (Å²) in [6, 6.07) is 14.2. The van der Waals surface area contributed by atoms with Crippen LogP contribution in [-0.2, 0) is 13.0 Å². The van der Waals surface area contributed by atoms with Gasteiger partial charge in [-0.25, -0.2) is 0 Å². The van der Waals surface area contributed by atoms with E-state index in [2.05, 4.69) is 47.1 Å². The molecule has 2 nitrogen and oxygen atoms in total. The monoisotopic (exact) mass is 320 g/mol. The Kier molecular flexibility index (Phi) is 4.86. The minimum Gasteiger partial charge on any atom is -0.493 e. The second-order valence-electron chi connectivity index (χ2n) is 4.25. The van der Waals surface area contributed by atoms with Gasteiger partial charge in [-0.3, -0.25) is 0 Å². The number of benzene rings is 2. The summed E-state index contributed by atoms with van der Waals surface area (Å²) in [6.45, 7) is 2.69. The van der Waals surface area contributed by atoms with Gasteiger partial charge < -0.3 is 9.47 Å².